The maximum Gasteiger partial charge on any atom is 0.337 e. The van der Waals surface area contributed by atoms with Crippen molar-refractivity contribution in [2.24, 2.45) is 5.92 Å². The fourth-order valence-electron chi connectivity index (χ4n) is 1.38. The van der Waals surface area contributed by atoms with Crippen molar-refractivity contribution in [1.82, 2.24) is 0 Å². The summed E-state index contributed by atoms with van der Waals surface area (Å²) >= 11 is 8.37. The molecule has 0 aromatic carbocycles. The van der Waals surface area contributed by atoms with Crippen molar-refractivity contribution >= 4 is 31.2 Å². The van der Waals surface area contributed by atoms with Crippen LogP contribution >= 0.6 is 25.3 Å². The lowest BCUT2D eigenvalue weighted by atomic mass is 10.1. The summed E-state index contributed by atoms with van der Waals surface area (Å²) in [5, 5.41) is 0. The van der Waals surface area contributed by atoms with Crippen LogP contribution in [0, 0.1) is 5.92 Å². The molecular weight excluding hydrogens is 220 g/mol. The van der Waals surface area contributed by atoms with Crippen LogP contribution in [0.1, 0.15) is 20.3 Å². The number of hydrogen-bond acceptors (Lipinski definition) is 5. The second-order valence-electron chi connectivity index (χ2n) is 3.89. The van der Waals surface area contributed by atoms with E-state index >= 15 is 0 Å². The predicted molar refractivity (Wildman–Crippen MR) is 60.9 cm³/mol. The summed E-state index contributed by atoms with van der Waals surface area (Å²) in [6.07, 6.45) is 0.184. The fraction of sp³-hybridized carbons (Fsp3) is 0.889. The summed E-state index contributed by atoms with van der Waals surface area (Å²) in [7, 11) is 0. The molecule has 1 heterocycles. The van der Waals surface area contributed by atoms with Gasteiger partial charge in [-0.2, -0.15) is 25.3 Å². The van der Waals surface area contributed by atoms with Crippen molar-refractivity contribution in [3.8, 4) is 0 Å². The van der Waals surface area contributed by atoms with Crippen LogP contribution in [0.25, 0.3) is 0 Å². The summed E-state index contributed by atoms with van der Waals surface area (Å²) in [5.74, 6) is 0.643. The van der Waals surface area contributed by atoms with E-state index in [9.17, 15) is 4.79 Å². The molecule has 0 radical (unpaired) electrons. The van der Waals surface area contributed by atoms with Crippen molar-refractivity contribution in [2.45, 2.75) is 32.2 Å². The molecule has 0 saturated carbocycles. The largest absolute Gasteiger partial charge is 0.432 e. The van der Waals surface area contributed by atoms with Crippen LogP contribution in [0.4, 0.5) is 0 Å². The van der Waals surface area contributed by atoms with Gasteiger partial charge in [-0.05, 0) is 23.8 Å². The number of esters is 1. The summed E-state index contributed by atoms with van der Waals surface area (Å²) in [6, 6.07) is 0. The zero-order chi connectivity index (χ0) is 10.8. The fourth-order valence-corrected chi connectivity index (χ4v) is 2.14. The number of rotatable bonds is 4. The van der Waals surface area contributed by atoms with E-state index in [0.29, 0.717) is 17.9 Å². The lowest BCUT2D eigenvalue weighted by Crippen LogP contribution is -2.24. The lowest BCUT2D eigenvalue weighted by molar-refractivity contribution is -0.161. The van der Waals surface area contributed by atoms with Gasteiger partial charge in [0.25, 0.3) is 0 Å². The van der Waals surface area contributed by atoms with Gasteiger partial charge in [0.1, 0.15) is 0 Å². The molecule has 14 heavy (non-hydrogen) atoms. The lowest BCUT2D eigenvalue weighted by Gasteiger charge is -2.17. The van der Waals surface area contributed by atoms with E-state index < -0.39 is 11.9 Å². The smallest absolute Gasteiger partial charge is 0.337 e. The molecule has 1 fully saturated rings. The Kier molecular flexibility index (Phi) is 4.15. The Morgan fingerprint density at radius 2 is 2.00 bits per heavy atom. The van der Waals surface area contributed by atoms with Gasteiger partial charge >= 0.3 is 5.97 Å². The number of hydrogen-bond donors (Lipinski definition) is 2. The molecule has 1 aliphatic heterocycles. The van der Waals surface area contributed by atoms with Crippen LogP contribution in [0.3, 0.4) is 0 Å². The van der Waals surface area contributed by atoms with E-state index in [1.807, 2.05) is 0 Å². The average Bonchev–Trinajstić information content (AvgIpc) is 2.35. The van der Waals surface area contributed by atoms with Gasteiger partial charge in [0.2, 0.25) is 5.79 Å². The number of cyclic esters (lactones) is 1. The molecule has 1 unspecified atom stereocenters. The van der Waals surface area contributed by atoms with E-state index in [1.54, 1.807) is 13.8 Å². The first-order valence-corrected chi connectivity index (χ1v) is 5.87. The normalized spacial score (nSPS) is 25.5. The first kappa shape index (κ1) is 12.2. The second kappa shape index (κ2) is 4.77. The Bertz CT molecular complexity index is 214. The minimum absolute atomic E-state index is 0.274. The zero-order valence-corrected chi connectivity index (χ0v) is 10.2. The molecule has 0 N–H and O–H groups in total. The number of carbonyl (C=O) groups excluding carboxylic acids is 1. The SMILES string of the molecule is CC1(C)OC(=O)C(CC(CS)CS)O1. The van der Waals surface area contributed by atoms with Gasteiger partial charge in [-0.15, -0.1) is 0 Å². The summed E-state index contributed by atoms with van der Waals surface area (Å²) in [4.78, 5) is 11.4. The molecular formula is C9H16O3S2. The molecule has 0 spiro atoms. The van der Waals surface area contributed by atoms with Crippen molar-refractivity contribution in [1.29, 1.82) is 0 Å². The highest BCUT2D eigenvalue weighted by Gasteiger charge is 2.41. The topological polar surface area (TPSA) is 35.5 Å². The molecule has 5 heteroatoms. The highest BCUT2D eigenvalue weighted by atomic mass is 32.1. The molecule has 1 atom stereocenters. The predicted octanol–water partition coefficient (Wildman–Crippen LogP) is 1.53. The van der Waals surface area contributed by atoms with Gasteiger partial charge in [-0.1, -0.05) is 0 Å². The molecule has 1 rings (SSSR count). The quantitative estimate of drug-likeness (QED) is 0.574. The van der Waals surface area contributed by atoms with Crippen LogP contribution in [0.2, 0.25) is 0 Å². The van der Waals surface area contributed by atoms with Crippen LogP contribution < -0.4 is 0 Å². The van der Waals surface area contributed by atoms with E-state index in [1.165, 1.54) is 0 Å². The number of thiol groups is 2. The Labute approximate surface area is 95.4 Å². The first-order chi connectivity index (χ1) is 6.48. The maximum atomic E-state index is 11.4. The molecule has 82 valence electrons. The standard InChI is InChI=1S/C9H16O3S2/c1-9(2)11-7(8(10)12-9)3-6(4-13)5-14/h6-7,13-14H,3-5H2,1-2H3. The van der Waals surface area contributed by atoms with Crippen molar-refractivity contribution in [3.05, 3.63) is 0 Å². The number of carbonyl (C=O) groups is 1. The van der Waals surface area contributed by atoms with Gasteiger partial charge in [-0.3, -0.25) is 0 Å². The first-order valence-electron chi connectivity index (χ1n) is 4.61. The van der Waals surface area contributed by atoms with Crippen molar-refractivity contribution < 1.29 is 14.3 Å². The third-order valence-electron chi connectivity index (χ3n) is 2.10. The third-order valence-corrected chi connectivity index (χ3v) is 3.13. The van der Waals surface area contributed by atoms with Gasteiger partial charge in [0.05, 0.1) is 0 Å². The van der Waals surface area contributed by atoms with E-state index in [-0.39, 0.29) is 11.9 Å². The van der Waals surface area contributed by atoms with Crippen LogP contribution in [-0.2, 0) is 14.3 Å². The van der Waals surface area contributed by atoms with Crippen LogP contribution in [-0.4, -0.2) is 29.4 Å². The van der Waals surface area contributed by atoms with Gasteiger partial charge in [0, 0.05) is 13.8 Å². The summed E-state index contributed by atoms with van der Waals surface area (Å²) in [6.45, 7) is 3.47. The maximum absolute atomic E-state index is 11.4. The minimum atomic E-state index is -0.778. The van der Waals surface area contributed by atoms with Gasteiger partial charge in [-0.25, -0.2) is 4.79 Å². The molecule has 0 amide bonds. The van der Waals surface area contributed by atoms with E-state index in [0.717, 1.165) is 0 Å². The summed E-state index contributed by atoms with van der Waals surface area (Å²) < 4.78 is 10.5. The molecule has 3 nitrogen and oxygen atoms in total. The monoisotopic (exact) mass is 236 g/mol. The van der Waals surface area contributed by atoms with E-state index in [4.69, 9.17) is 9.47 Å². The van der Waals surface area contributed by atoms with Gasteiger partial charge < -0.3 is 9.47 Å². The Morgan fingerprint density at radius 1 is 1.43 bits per heavy atom. The van der Waals surface area contributed by atoms with Crippen LogP contribution in [0.15, 0.2) is 0 Å². The van der Waals surface area contributed by atoms with E-state index in [2.05, 4.69) is 25.3 Å². The Hall–Kier alpha value is 0.130. The molecule has 0 aromatic rings. The number of ether oxygens (including phenoxy) is 2. The van der Waals surface area contributed by atoms with Crippen molar-refractivity contribution in [2.75, 3.05) is 11.5 Å². The third kappa shape index (κ3) is 3.07. The average molecular weight is 236 g/mol. The molecule has 0 aromatic heterocycles. The molecule has 0 aliphatic carbocycles. The zero-order valence-electron chi connectivity index (χ0n) is 8.40. The Balaban J connectivity index is 2.50. The molecule has 1 aliphatic rings. The molecule has 0 bridgehead atoms. The minimum Gasteiger partial charge on any atom is -0.432 e. The van der Waals surface area contributed by atoms with Crippen LogP contribution in [0.5, 0.6) is 0 Å². The Morgan fingerprint density at radius 3 is 2.36 bits per heavy atom. The highest BCUT2D eigenvalue weighted by molar-refractivity contribution is 7.81. The molecule has 1 saturated heterocycles. The second-order valence-corrected chi connectivity index (χ2v) is 4.62. The highest BCUT2D eigenvalue weighted by Crippen LogP contribution is 2.27. The van der Waals surface area contributed by atoms with Crippen molar-refractivity contribution in [3.63, 3.8) is 0 Å². The van der Waals surface area contributed by atoms with Gasteiger partial charge in [0.15, 0.2) is 6.10 Å². The summed E-state index contributed by atoms with van der Waals surface area (Å²) in [5.41, 5.74) is 0.